The van der Waals surface area contributed by atoms with Gasteiger partial charge in [-0.3, -0.25) is 0 Å². The third kappa shape index (κ3) is 2.48. The number of hydrogen-bond acceptors (Lipinski definition) is 2. The molecule has 1 N–H and O–H groups in total. The van der Waals surface area contributed by atoms with Gasteiger partial charge in [-0.2, -0.15) is 0 Å². The third-order valence-corrected chi connectivity index (χ3v) is 5.97. The molecule has 2 nitrogen and oxygen atoms in total. The summed E-state index contributed by atoms with van der Waals surface area (Å²) >= 11 is 0. The Morgan fingerprint density at radius 1 is 1.10 bits per heavy atom. The molecule has 0 aromatic heterocycles. The van der Waals surface area contributed by atoms with Crippen molar-refractivity contribution in [3.63, 3.8) is 0 Å². The zero-order chi connectivity index (χ0) is 14.4. The second kappa shape index (κ2) is 5.31. The van der Waals surface area contributed by atoms with Crippen LogP contribution in [0.2, 0.25) is 0 Å². The van der Waals surface area contributed by atoms with E-state index in [1.807, 2.05) is 0 Å². The molecule has 1 unspecified atom stereocenters. The first kappa shape index (κ1) is 13.6. The Labute approximate surface area is 128 Å². The molecule has 1 aromatic rings. The second-order valence-corrected chi connectivity index (χ2v) is 7.53. The van der Waals surface area contributed by atoms with Crippen molar-refractivity contribution >= 4 is 5.69 Å². The summed E-state index contributed by atoms with van der Waals surface area (Å²) in [4.78, 5) is 2.59. The lowest BCUT2D eigenvalue weighted by atomic mass is 9.82. The second-order valence-electron chi connectivity index (χ2n) is 7.53. The summed E-state index contributed by atoms with van der Waals surface area (Å²) in [5, 5.41) is 3.48. The van der Waals surface area contributed by atoms with Crippen LogP contribution in [0, 0.1) is 11.8 Å². The summed E-state index contributed by atoms with van der Waals surface area (Å²) < 4.78 is 0. The van der Waals surface area contributed by atoms with Crippen LogP contribution >= 0.6 is 0 Å². The van der Waals surface area contributed by atoms with Gasteiger partial charge >= 0.3 is 0 Å². The maximum atomic E-state index is 3.48. The topological polar surface area (TPSA) is 15.3 Å². The number of anilines is 1. The van der Waals surface area contributed by atoms with Crippen LogP contribution in [0.5, 0.6) is 0 Å². The zero-order valence-electron chi connectivity index (χ0n) is 13.4. The first-order chi connectivity index (χ1) is 10.2. The van der Waals surface area contributed by atoms with Gasteiger partial charge in [0.2, 0.25) is 0 Å². The van der Waals surface area contributed by atoms with Gasteiger partial charge in [0, 0.05) is 18.8 Å². The monoisotopic (exact) mass is 284 g/mol. The molecular weight excluding hydrogens is 256 g/mol. The molecule has 1 saturated heterocycles. The number of nitrogens with zero attached hydrogens (tertiary/aromatic N) is 1. The Kier molecular flexibility index (Phi) is 3.45. The standard InChI is InChI=1S/C19H28N2/c1-13-11-17-12-16(14-7-9-20-10-8-14)5-6-18(17)21(2)19(13)15-3-4-15/h5-6,12-15,19-20H,3-4,7-11H2,1-2H3/t13?,19-/m1/s1. The predicted octanol–water partition coefficient (Wildman–Crippen LogP) is 3.56. The van der Waals surface area contributed by atoms with Crippen LogP contribution in [0.4, 0.5) is 5.69 Å². The molecule has 2 aliphatic heterocycles. The molecule has 0 spiro atoms. The van der Waals surface area contributed by atoms with Crippen molar-refractivity contribution in [2.24, 2.45) is 11.8 Å². The number of benzene rings is 1. The molecule has 1 aliphatic carbocycles. The summed E-state index contributed by atoms with van der Waals surface area (Å²) in [6.45, 7) is 4.82. The lowest BCUT2D eigenvalue weighted by Gasteiger charge is -2.41. The first-order valence-corrected chi connectivity index (χ1v) is 8.80. The first-order valence-electron chi connectivity index (χ1n) is 8.80. The Morgan fingerprint density at radius 3 is 2.57 bits per heavy atom. The summed E-state index contributed by atoms with van der Waals surface area (Å²) in [6.07, 6.45) is 6.77. The molecule has 2 fully saturated rings. The van der Waals surface area contributed by atoms with E-state index < -0.39 is 0 Å². The minimum absolute atomic E-state index is 0.776. The lowest BCUT2D eigenvalue weighted by molar-refractivity contribution is 0.380. The Bertz CT molecular complexity index is 514. The molecule has 114 valence electrons. The smallest absolute Gasteiger partial charge is 0.0399 e. The van der Waals surface area contributed by atoms with Crippen molar-refractivity contribution in [1.29, 1.82) is 0 Å². The van der Waals surface area contributed by atoms with Gasteiger partial charge < -0.3 is 10.2 Å². The van der Waals surface area contributed by atoms with Gasteiger partial charge in [-0.1, -0.05) is 19.1 Å². The summed E-state index contributed by atoms with van der Waals surface area (Å²) in [5.74, 6) is 2.54. The number of nitrogens with one attached hydrogen (secondary N) is 1. The summed E-state index contributed by atoms with van der Waals surface area (Å²) in [5.41, 5.74) is 4.68. The quantitative estimate of drug-likeness (QED) is 0.893. The van der Waals surface area contributed by atoms with E-state index in [0.717, 1.165) is 23.8 Å². The SMILES string of the molecule is CC1Cc2cc(C3CCNCC3)ccc2N(C)[C@H]1C1CC1. The minimum Gasteiger partial charge on any atom is -0.371 e. The van der Waals surface area contributed by atoms with Crippen molar-refractivity contribution in [2.75, 3.05) is 25.0 Å². The molecular formula is C19H28N2. The van der Waals surface area contributed by atoms with Crippen LogP contribution in [0.1, 0.15) is 49.7 Å². The van der Waals surface area contributed by atoms with E-state index >= 15 is 0 Å². The summed E-state index contributed by atoms with van der Waals surface area (Å²) in [6, 6.07) is 8.13. The van der Waals surface area contributed by atoms with E-state index in [1.54, 1.807) is 11.1 Å². The molecule has 1 aromatic carbocycles. The van der Waals surface area contributed by atoms with Crippen molar-refractivity contribution in [1.82, 2.24) is 5.32 Å². The van der Waals surface area contributed by atoms with Crippen molar-refractivity contribution in [3.05, 3.63) is 29.3 Å². The van der Waals surface area contributed by atoms with Gasteiger partial charge in [0.05, 0.1) is 0 Å². The molecule has 1 saturated carbocycles. The number of fused-ring (bicyclic) bond motifs is 1. The van der Waals surface area contributed by atoms with E-state index in [9.17, 15) is 0 Å². The van der Waals surface area contributed by atoms with Crippen LogP contribution in [0.25, 0.3) is 0 Å². The molecule has 2 heteroatoms. The van der Waals surface area contributed by atoms with Crippen LogP contribution in [0.15, 0.2) is 18.2 Å². The maximum absolute atomic E-state index is 3.48. The lowest BCUT2D eigenvalue weighted by Crippen LogP contribution is -2.43. The number of rotatable bonds is 2. The van der Waals surface area contributed by atoms with Crippen LogP contribution < -0.4 is 10.2 Å². The predicted molar refractivity (Wildman–Crippen MR) is 89.1 cm³/mol. The molecule has 21 heavy (non-hydrogen) atoms. The highest BCUT2D eigenvalue weighted by atomic mass is 15.2. The van der Waals surface area contributed by atoms with Crippen molar-refractivity contribution in [2.45, 2.75) is 51.0 Å². The average Bonchev–Trinajstić information content (AvgIpc) is 3.32. The molecule has 0 radical (unpaired) electrons. The third-order valence-electron chi connectivity index (χ3n) is 5.97. The van der Waals surface area contributed by atoms with Crippen LogP contribution in [0.3, 0.4) is 0 Å². The Morgan fingerprint density at radius 2 is 1.86 bits per heavy atom. The minimum atomic E-state index is 0.776. The molecule has 0 bridgehead atoms. The van der Waals surface area contributed by atoms with E-state index in [1.165, 1.54) is 50.9 Å². The van der Waals surface area contributed by atoms with E-state index in [2.05, 4.69) is 42.4 Å². The molecule has 0 amide bonds. The zero-order valence-corrected chi connectivity index (χ0v) is 13.4. The van der Waals surface area contributed by atoms with E-state index in [-0.39, 0.29) is 0 Å². The van der Waals surface area contributed by atoms with Crippen LogP contribution in [-0.2, 0) is 6.42 Å². The van der Waals surface area contributed by atoms with Gasteiger partial charge in [0.25, 0.3) is 0 Å². The number of hydrogen-bond donors (Lipinski definition) is 1. The molecule has 2 atom stereocenters. The summed E-state index contributed by atoms with van der Waals surface area (Å²) in [7, 11) is 2.32. The Hall–Kier alpha value is -1.02. The van der Waals surface area contributed by atoms with Gasteiger partial charge in [-0.05, 0) is 80.1 Å². The highest BCUT2D eigenvalue weighted by Gasteiger charge is 2.40. The molecule has 4 rings (SSSR count). The van der Waals surface area contributed by atoms with Crippen molar-refractivity contribution < 1.29 is 0 Å². The normalized spacial score (nSPS) is 30.3. The van der Waals surface area contributed by atoms with E-state index in [4.69, 9.17) is 0 Å². The number of piperidine rings is 1. The van der Waals surface area contributed by atoms with E-state index in [0.29, 0.717) is 0 Å². The van der Waals surface area contributed by atoms with Crippen molar-refractivity contribution in [3.8, 4) is 0 Å². The van der Waals surface area contributed by atoms with Gasteiger partial charge in [0.1, 0.15) is 0 Å². The van der Waals surface area contributed by atoms with Gasteiger partial charge in [-0.25, -0.2) is 0 Å². The van der Waals surface area contributed by atoms with Gasteiger partial charge in [0.15, 0.2) is 0 Å². The Balaban J connectivity index is 1.61. The average molecular weight is 284 g/mol. The highest BCUT2D eigenvalue weighted by Crippen LogP contribution is 2.45. The maximum Gasteiger partial charge on any atom is 0.0399 e. The van der Waals surface area contributed by atoms with Gasteiger partial charge in [-0.15, -0.1) is 0 Å². The van der Waals surface area contributed by atoms with Crippen LogP contribution in [-0.4, -0.2) is 26.2 Å². The molecule has 3 aliphatic rings. The fourth-order valence-corrected chi connectivity index (χ4v) is 4.75. The highest BCUT2D eigenvalue weighted by molar-refractivity contribution is 5.58. The molecule has 2 heterocycles. The largest absolute Gasteiger partial charge is 0.371 e. The fourth-order valence-electron chi connectivity index (χ4n) is 4.75. The fraction of sp³-hybridized carbons (Fsp3) is 0.684.